The highest BCUT2D eigenvalue weighted by Gasteiger charge is 2.20. The van der Waals surface area contributed by atoms with E-state index >= 15 is 0 Å². The first-order valence-corrected chi connectivity index (χ1v) is 7.18. The predicted molar refractivity (Wildman–Crippen MR) is 78.7 cm³/mol. The van der Waals surface area contributed by atoms with Crippen LogP contribution >= 0.6 is 0 Å². The molecule has 1 saturated carbocycles. The number of aromatic nitrogens is 2. The van der Waals surface area contributed by atoms with Gasteiger partial charge in [-0.1, -0.05) is 6.42 Å². The molecule has 1 fully saturated rings. The first-order chi connectivity index (χ1) is 9.71. The number of methoxy groups -OCH3 is 1. The fourth-order valence-corrected chi connectivity index (χ4v) is 2.61. The third-order valence-electron chi connectivity index (χ3n) is 3.63. The van der Waals surface area contributed by atoms with Crippen LogP contribution in [-0.2, 0) is 11.3 Å². The first kappa shape index (κ1) is 15.0. The van der Waals surface area contributed by atoms with Crippen molar-refractivity contribution in [1.29, 1.82) is 0 Å². The zero-order valence-electron chi connectivity index (χ0n) is 12.2. The average molecular weight is 280 g/mol. The fourth-order valence-electron chi connectivity index (χ4n) is 2.61. The normalized spacial score (nSPS) is 22.6. The van der Waals surface area contributed by atoms with Gasteiger partial charge in [-0.3, -0.25) is 0 Å². The molecule has 1 aliphatic carbocycles. The molecule has 6 nitrogen and oxygen atoms in total. The van der Waals surface area contributed by atoms with Gasteiger partial charge in [0, 0.05) is 26.8 Å². The molecule has 0 aliphatic heterocycles. The maximum absolute atomic E-state index is 9.69. The average Bonchev–Trinajstić information content (AvgIpc) is 2.45. The molecule has 112 valence electrons. The van der Waals surface area contributed by atoms with Gasteiger partial charge < -0.3 is 20.5 Å². The van der Waals surface area contributed by atoms with Gasteiger partial charge in [-0.15, -0.1) is 0 Å². The summed E-state index contributed by atoms with van der Waals surface area (Å²) in [5.41, 5.74) is 0. The lowest BCUT2D eigenvalue weighted by Crippen LogP contribution is -2.25. The van der Waals surface area contributed by atoms with E-state index < -0.39 is 0 Å². The molecule has 2 atom stereocenters. The highest BCUT2D eigenvalue weighted by Crippen LogP contribution is 2.24. The summed E-state index contributed by atoms with van der Waals surface area (Å²) in [6.45, 7) is 1.23. The Balaban J connectivity index is 1.95. The second-order valence-electron chi connectivity index (χ2n) is 5.31. The molecule has 0 aromatic carbocycles. The van der Waals surface area contributed by atoms with Gasteiger partial charge in [0.15, 0.2) is 5.82 Å². The van der Waals surface area contributed by atoms with Crippen LogP contribution in [0.25, 0.3) is 0 Å². The van der Waals surface area contributed by atoms with Crippen LogP contribution in [0.2, 0.25) is 0 Å². The Bertz CT molecular complexity index is 428. The Morgan fingerprint density at radius 2 is 2.15 bits per heavy atom. The quantitative estimate of drug-likeness (QED) is 0.735. The van der Waals surface area contributed by atoms with Gasteiger partial charge in [0.05, 0.1) is 6.10 Å². The predicted octanol–water partition coefficient (Wildman–Crippen LogP) is 1.63. The Hall–Kier alpha value is -1.40. The Morgan fingerprint density at radius 1 is 1.35 bits per heavy atom. The van der Waals surface area contributed by atoms with Gasteiger partial charge in [-0.2, -0.15) is 0 Å². The van der Waals surface area contributed by atoms with Crippen molar-refractivity contribution in [2.24, 2.45) is 5.92 Å². The van der Waals surface area contributed by atoms with Crippen molar-refractivity contribution in [3.8, 4) is 0 Å². The van der Waals surface area contributed by atoms with Gasteiger partial charge in [0.25, 0.3) is 0 Å². The van der Waals surface area contributed by atoms with E-state index in [9.17, 15) is 5.11 Å². The van der Waals surface area contributed by atoms with Gasteiger partial charge in [0.1, 0.15) is 18.2 Å². The standard InChI is InChI=1S/C14H24N4O2/c1-15-12-7-13(18-14(17-12)9-20-2)16-8-10-4-3-5-11(19)6-10/h7,10-11,19H,3-6,8-9H2,1-2H3,(H2,15,16,17,18). The third kappa shape index (κ3) is 4.31. The van der Waals surface area contributed by atoms with E-state index in [0.717, 1.165) is 37.4 Å². The second-order valence-corrected chi connectivity index (χ2v) is 5.31. The number of anilines is 2. The summed E-state index contributed by atoms with van der Waals surface area (Å²) in [5.74, 6) is 2.75. The number of ether oxygens (including phenoxy) is 1. The Labute approximate surface area is 120 Å². The Morgan fingerprint density at radius 3 is 2.85 bits per heavy atom. The van der Waals surface area contributed by atoms with E-state index in [1.54, 1.807) is 7.11 Å². The minimum Gasteiger partial charge on any atom is -0.393 e. The summed E-state index contributed by atoms with van der Waals surface area (Å²) in [6.07, 6.45) is 3.94. The molecule has 0 bridgehead atoms. The van der Waals surface area contributed by atoms with Crippen LogP contribution in [0, 0.1) is 5.92 Å². The molecule has 0 radical (unpaired) electrons. The minimum absolute atomic E-state index is 0.141. The number of nitrogens with one attached hydrogen (secondary N) is 2. The number of rotatable bonds is 6. The molecule has 2 rings (SSSR count). The SMILES string of the molecule is CNc1cc(NCC2CCCC(O)C2)nc(COC)n1. The lowest BCUT2D eigenvalue weighted by atomic mass is 9.87. The molecule has 1 aromatic rings. The summed E-state index contributed by atoms with van der Waals surface area (Å²) in [5, 5.41) is 16.1. The molecular weight excluding hydrogens is 256 g/mol. The molecule has 0 saturated heterocycles. The largest absolute Gasteiger partial charge is 0.393 e. The molecule has 2 unspecified atom stereocenters. The van der Waals surface area contributed by atoms with Gasteiger partial charge >= 0.3 is 0 Å². The van der Waals surface area contributed by atoms with Crippen molar-refractivity contribution >= 4 is 11.6 Å². The van der Waals surface area contributed by atoms with Crippen LogP contribution in [0.1, 0.15) is 31.5 Å². The van der Waals surface area contributed by atoms with Gasteiger partial charge in [-0.05, 0) is 25.2 Å². The molecule has 3 N–H and O–H groups in total. The topological polar surface area (TPSA) is 79.3 Å². The molecule has 1 aromatic heterocycles. The van der Waals surface area contributed by atoms with E-state index in [4.69, 9.17) is 4.74 Å². The molecule has 0 amide bonds. The molecule has 1 heterocycles. The number of aliphatic hydroxyl groups excluding tert-OH is 1. The summed E-state index contributed by atoms with van der Waals surface area (Å²) < 4.78 is 5.08. The highest BCUT2D eigenvalue weighted by molar-refractivity contribution is 5.47. The molecule has 6 heteroatoms. The fraction of sp³-hybridized carbons (Fsp3) is 0.714. The van der Waals surface area contributed by atoms with Crippen molar-refractivity contribution < 1.29 is 9.84 Å². The van der Waals surface area contributed by atoms with E-state index in [1.807, 2.05) is 13.1 Å². The smallest absolute Gasteiger partial charge is 0.158 e. The van der Waals surface area contributed by atoms with E-state index in [0.29, 0.717) is 18.3 Å². The first-order valence-electron chi connectivity index (χ1n) is 7.18. The van der Waals surface area contributed by atoms with E-state index in [1.165, 1.54) is 6.42 Å². The lowest BCUT2D eigenvalue weighted by molar-refractivity contribution is 0.104. The highest BCUT2D eigenvalue weighted by atomic mass is 16.5. The molecule has 20 heavy (non-hydrogen) atoms. The number of aliphatic hydroxyl groups is 1. The van der Waals surface area contributed by atoms with Crippen LogP contribution in [-0.4, -0.2) is 41.9 Å². The summed E-state index contributed by atoms with van der Waals surface area (Å²) in [6, 6.07) is 1.89. The number of hydrogen-bond donors (Lipinski definition) is 3. The maximum Gasteiger partial charge on any atom is 0.158 e. The van der Waals surface area contributed by atoms with Crippen molar-refractivity contribution in [3.05, 3.63) is 11.9 Å². The monoisotopic (exact) mass is 280 g/mol. The Kier molecular flexibility index (Phi) is 5.55. The van der Waals surface area contributed by atoms with Crippen LogP contribution in [0.15, 0.2) is 6.07 Å². The third-order valence-corrected chi connectivity index (χ3v) is 3.63. The van der Waals surface area contributed by atoms with Crippen LogP contribution < -0.4 is 10.6 Å². The van der Waals surface area contributed by atoms with Crippen molar-refractivity contribution in [3.63, 3.8) is 0 Å². The van der Waals surface area contributed by atoms with Crippen molar-refractivity contribution in [1.82, 2.24) is 9.97 Å². The summed E-state index contributed by atoms with van der Waals surface area (Å²) in [7, 11) is 3.46. The van der Waals surface area contributed by atoms with Gasteiger partial charge in [-0.25, -0.2) is 9.97 Å². The van der Waals surface area contributed by atoms with E-state index in [-0.39, 0.29) is 6.10 Å². The summed E-state index contributed by atoms with van der Waals surface area (Å²) >= 11 is 0. The molecule has 1 aliphatic rings. The second kappa shape index (κ2) is 7.40. The van der Waals surface area contributed by atoms with Crippen LogP contribution in [0.5, 0.6) is 0 Å². The zero-order valence-corrected chi connectivity index (χ0v) is 12.2. The minimum atomic E-state index is -0.141. The summed E-state index contributed by atoms with van der Waals surface area (Å²) in [4.78, 5) is 8.75. The number of nitrogens with zero attached hydrogens (tertiary/aromatic N) is 2. The molecular formula is C14H24N4O2. The van der Waals surface area contributed by atoms with Crippen molar-refractivity contribution in [2.75, 3.05) is 31.3 Å². The molecule has 0 spiro atoms. The lowest BCUT2D eigenvalue weighted by Gasteiger charge is -2.26. The zero-order chi connectivity index (χ0) is 14.4. The van der Waals surface area contributed by atoms with Gasteiger partial charge in [0.2, 0.25) is 0 Å². The number of hydrogen-bond acceptors (Lipinski definition) is 6. The van der Waals surface area contributed by atoms with Crippen LogP contribution in [0.4, 0.5) is 11.6 Å². The van der Waals surface area contributed by atoms with Crippen molar-refractivity contribution in [2.45, 2.75) is 38.4 Å². The van der Waals surface area contributed by atoms with Crippen LogP contribution in [0.3, 0.4) is 0 Å². The van der Waals surface area contributed by atoms with E-state index in [2.05, 4.69) is 20.6 Å². The maximum atomic E-state index is 9.69.